The maximum Gasteiger partial charge on any atom is 0.185 e. The highest BCUT2D eigenvalue weighted by Crippen LogP contribution is 2.37. The molecule has 0 aliphatic carbocycles. The quantitative estimate of drug-likeness (QED) is 0.330. The van der Waals surface area contributed by atoms with Gasteiger partial charge in [-0.1, -0.05) is 24.3 Å². The Kier molecular flexibility index (Phi) is 8.28. The van der Waals surface area contributed by atoms with Crippen LogP contribution in [-0.2, 0) is 12.8 Å². The number of allylic oxidation sites excluding steroid dienone is 5. The van der Waals surface area contributed by atoms with E-state index in [1.807, 2.05) is 51.1 Å². The molecule has 0 aromatic heterocycles. The van der Waals surface area contributed by atoms with Crippen molar-refractivity contribution in [3.8, 4) is 17.2 Å². The Labute approximate surface area is 172 Å². The first-order valence-electron chi connectivity index (χ1n) is 9.76. The minimum atomic E-state index is -0.222. The number of hydrogen-bond acceptors (Lipinski definition) is 4. The summed E-state index contributed by atoms with van der Waals surface area (Å²) >= 11 is 0. The Morgan fingerprint density at radius 3 is 2.21 bits per heavy atom. The van der Waals surface area contributed by atoms with Gasteiger partial charge in [0.2, 0.25) is 0 Å². The summed E-state index contributed by atoms with van der Waals surface area (Å²) in [5.74, 6) is 0.584. The third-order valence-electron chi connectivity index (χ3n) is 4.43. The number of phenolic OH excluding ortho intramolecular Hbond substituents is 2. The molecule has 0 saturated carbocycles. The van der Waals surface area contributed by atoms with Crippen molar-refractivity contribution in [2.24, 2.45) is 0 Å². The van der Waals surface area contributed by atoms with Crippen LogP contribution in [0.1, 0.15) is 47.8 Å². The summed E-state index contributed by atoms with van der Waals surface area (Å²) in [7, 11) is 0. The molecule has 2 aromatic carbocycles. The molecule has 0 bridgehead atoms. The lowest BCUT2D eigenvalue weighted by atomic mass is 9.97. The van der Waals surface area contributed by atoms with Crippen LogP contribution in [0, 0.1) is 0 Å². The average molecular weight is 392 g/mol. The molecule has 0 spiro atoms. The second kappa shape index (κ2) is 10.9. The van der Waals surface area contributed by atoms with Gasteiger partial charge in [-0.25, -0.2) is 0 Å². The van der Waals surface area contributed by atoms with E-state index in [0.717, 1.165) is 11.1 Å². The number of rotatable bonds is 9. The van der Waals surface area contributed by atoms with Gasteiger partial charge in [-0.15, -0.1) is 0 Å². The first-order chi connectivity index (χ1) is 14.0. The van der Waals surface area contributed by atoms with E-state index in [4.69, 9.17) is 4.74 Å². The zero-order valence-electron chi connectivity index (χ0n) is 17.2. The number of hydrogen-bond donors (Lipinski definition) is 2. The van der Waals surface area contributed by atoms with Crippen molar-refractivity contribution in [2.75, 3.05) is 6.61 Å². The molecule has 4 nitrogen and oxygen atoms in total. The fourth-order valence-corrected chi connectivity index (χ4v) is 2.94. The van der Waals surface area contributed by atoms with Crippen LogP contribution in [0.5, 0.6) is 17.2 Å². The van der Waals surface area contributed by atoms with E-state index < -0.39 is 0 Å². The van der Waals surface area contributed by atoms with Crippen molar-refractivity contribution < 1.29 is 19.7 Å². The van der Waals surface area contributed by atoms with Crippen molar-refractivity contribution in [1.82, 2.24) is 0 Å². The summed E-state index contributed by atoms with van der Waals surface area (Å²) < 4.78 is 5.85. The number of phenols is 2. The fraction of sp³-hybridized carbons (Fsp3) is 0.240. The molecule has 0 atom stereocenters. The number of carbonyl (C=O) groups excluding carboxylic acids is 1. The first kappa shape index (κ1) is 22.0. The van der Waals surface area contributed by atoms with Crippen LogP contribution in [0.4, 0.5) is 0 Å². The molecule has 2 N–H and O–H groups in total. The molecule has 0 heterocycles. The topological polar surface area (TPSA) is 66.8 Å². The number of carbonyl (C=O) groups is 1. The Hall–Kier alpha value is -3.27. The summed E-state index contributed by atoms with van der Waals surface area (Å²) in [6.45, 7) is 6.23. The van der Waals surface area contributed by atoms with Crippen molar-refractivity contribution in [1.29, 1.82) is 0 Å². The van der Waals surface area contributed by atoms with Crippen LogP contribution in [0.2, 0.25) is 0 Å². The minimum absolute atomic E-state index is 0.104. The molecule has 0 amide bonds. The monoisotopic (exact) mass is 392 g/mol. The highest BCUT2D eigenvalue weighted by atomic mass is 16.5. The minimum Gasteiger partial charge on any atom is -0.508 e. The molecule has 0 saturated heterocycles. The Balaban J connectivity index is 2.52. The van der Waals surface area contributed by atoms with Crippen LogP contribution in [-0.4, -0.2) is 22.6 Å². The van der Waals surface area contributed by atoms with Crippen molar-refractivity contribution in [2.45, 2.75) is 33.6 Å². The zero-order valence-corrected chi connectivity index (χ0v) is 17.2. The maximum atomic E-state index is 12.5. The summed E-state index contributed by atoms with van der Waals surface area (Å²) in [4.78, 5) is 12.5. The highest BCUT2D eigenvalue weighted by Gasteiger charge is 2.17. The average Bonchev–Trinajstić information content (AvgIpc) is 2.72. The largest absolute Gasteiger partial charge is 0.508 e. The standard InChI is InChI=1S/C25H28O4/c1-4-7-9-19-17-20(10-8-5-2)25(29-6-3)22(24(19)28)15-16-23(27)18-11-13-21(26)14-12-18/h4-5,7-8,11-17,26,28H,6,9-10H2,1-3H3. The smallest absolute Gasteiger partial charge is 0.185 e. The Morgan fingerprint density at radius 1 is 1.00 bits per heavy atom. The summed E-state index contributed by atoms with van der Waals surface area (Å²) in [6.07, 6.45) is 12.2. The van der Waals surface area contributed by atoms with Crippen LogP contribution in [0.25, 0.3) is 6.08 Å². The summed E-state index contributed by atoms with van der Waals surface area (Å²) in [6, 6.07) is 8.02. The highest BCUT2D eigenvalue weighted by molar-refractivity contribution is 6.07. The second-order valence-electron chi connectivity index (χ2n) is 6.51. The van der Waals surface area contributed by atoms with E-state index in [1.165, 1.54) is 18.2 Å². The lowest BCUT2D eigenvalue weighted by Gasteiger charge is -2.17. The number of aromatic hydroxyl groups is 2. The summed E-state index contributed by atoms with van der Waals surface area (Å²) in [5.41, 5.74) is 2.69. The van der Waals surface area contributed by atoms with Crippen molar-refractivity contribution in [3.63, 3.8) is 0 Å². The summed E-state index contributed by atoms with van der Waals surface area (Å²) in [5, 5.41) is 20.3. The van der Waals surface area contributed by atoms with E-state index in [1.54, 1.807) is 18.2 Å². The molecule has 2 aromatic rings. The van der Waals surface area contributed by atoms with Crippen LogP contribution < -0.4 is 4.74 Å². The van der Waals surface area contributed by atoms with Crippen molar-refractivity contribution >= 4 is 11.9 Å². The van der Waals surface area contributed by atoms with E-state index >= 15 is 0 Å². The lowest BCUT2D eigenvalue weighted by Crippen LogP contribution is -2.02. The molecule has 0 radical (unpaired) electrons. The van der Waals surface area contributed by atoms with Gasteiger partial charge >= 0.3 is 0 Å². The predicted molar refractivity (Wildman–Crippen MR) is 118 cm³/mol. The zero-order chi connectivity index (χ0) is 21.2. The normalized spacial score (nSPS) is 11.7. The molecule has 0 unspecified atom stereocenters. The SMILES string of the molecule is CC=CCc1cc(CC=CC)c(OCC)c(C=CC(=O)c2ccc(O)cc2)c1O. The second-order valence-corrected chi connectivity index (χ2v) is 6.51. The van der Waals surface area contributed by atoms with E-state index in [2.05, 4.69) is 0 Å². The van der Waals surface area contributed by atoms with Crippen LogP contribution in [0.15, 0.2) is 60.7 Å². The molecular weight excluding hydrogens is 364 g/mol. The van der Waals surface area contributed by atoms with Gasteiger partial charge in [0.1, 0.15) is 17.2 Å². The Morgan fingerprint density at radius 2 is 1.62 bits per heavy atom. The van der Waals surface area contributed by atoms with Crippen LogP contribution in [0.3, 0.4) is 0 Å². The maximum absolute atomic E-state index is 12.5. The van der Waals surface area contributed by atoms with E-state index in [9.17, 15) is 15.0 Å². The van der Waals surface area contributed by atoms with E-state index in [0.29, 0.717) is 36.3 Å². The Bertz CT molecular complexity index is 919. The lowest BCUT2D eigenvalue weighted by molar-refractivity contribution is 0.104. The van der Waals surface area contributed by atoms with Gasteiger partial charge in [-0.3, -0.25) is 4.79 Å². The third kappa shape index (κ3) is 5.85. The van der Waals surface area contributed by atoms with Gasteiger partial charge in [0.15, 0.2) is 5.78 Å². The predicted octanol–water partition coefficient (Wildman–Crippen LogP) is 5.63. The van der Waals surface area contributed by atoms with E-state index in [-0.39, 0.29) is 17.3 Å². The van der Waals surface area contributed by atoms with Gasteiger partial charge < -0.3 is 14.9 Å². The number of benzene rings is 2. The molecular formula is C25H28O4. The number of ether oxygens (including phenoxy) is 1. The molecule has 152 valence electrons. The van der Waals surface area contributed by atoms with Gasteiger partial charge in [-0.05, 0) is 87.2 Å². The molecule has 0 aliphatic heterocycles. The molecule has 2 rings (SSSR count). The van der Waals surface area contributed by atoms with Crippen LogP contribution >= 0.6 is 0 Å². The van der Waals surface area contributed by atoms with Gasteiger partial charge in [-0.2, -0.15) is 0 Å². The third-order valence-corrected chi connectivity index (χ3v) is 4.43. The molecule has 0 fully saturated rings. The van der Waals surface area contributed by atoms with Crippen molar-refractivity contribution in [3.05, 3.63) is 83.0 Å². The molecule has 4 heteroatoms. The molecule has 0 aliphatic rings. The van der Waals surface area contributed by atoms with Gasteiger partial charge in [0, 0.05) is 5.56 Å². The molecule has 29 heavy (non-hydrogen) atoms. The van der Waals surface area contributed by atoms with Gasteiger partial charge in [0.25, 0.3) is 0 Å². The fourth-order valence-electron chi connectivity index (χ4n) is 2.94. The number of ketones is 1. The first-order valence-corrected chi connectivity index (χ1v) is 9.76. The van der Waals surface area contributed by atoms with Gasteiger partial charge in [0.05, 0.1) is 12.2 Å².